The van der Waals surface area contributed by atoms with E-state index in [0.29, 0.717) is 12.5 Å². The van der Waals surface area contributed by atoms with E-state index in [0.717, 1.165) is 49.4 Å². The van der Waals surface area contributed by atoms with E-state index in [4.69, 9.17) is 0 Å². The highest BCUT2D eigenvalue weighted by molar-refractivity contribution is 5.79. The predicted molar refractivity (Wildman–Crippen MR) is 106 cm³/mol. The Kier molecular flexibility index (Phi) is 8.10. The average Bonchev–Trinajstić information content (AvgIpc) is 2.68. The number of halogens is 3. The summed E-state index contributed by atoms with van der Waals surface area (Å²) in [5.74, 6) is 1.57. The van der Waals surface area contributed by atoms with Gasteiger partial charge in [-0.25, -0.2) is 4.98 Å². The maximum absolute atomic E-state index is 12.6. The van der Waals surface area contributed by atoms with Gasteiger partial charge in [0.1, 0.15) is 5.82 Å². The fraction of sp³-hybridized carbons (Fsp3) is 0.400. The van der Waals surface area contributed by atoms with Gasteiger partial charge < -0.3 is 15.5 Å². The molecule has 0 atom stereocenters. The van der Waals surface area contributed by atoms with Crippen LogP contribution >= 0.6 is 0 Å². The second kappa shape index (κ2) is 10.5. The van der Waals surface area contributed by atoms with Gasteiger partial charge in [-0.05, 0) is 42.7 Å². The van der Waals surface area contributed by atoms with Crippen LogP contribution in [0.15, 0.2) is 53.7 Å². The molecule has 1 heterocycles. The summed E-state index contributed by atoms with van der Waals surface area (Å²) >= 11 is 0. The Morgan fingerprint density at radius 1 is 1.07 bits per heavy atom. The minimum absolute atomic E-state index is 0.471. The number of unbranched alkanes of at least 4 members (excludes halogenated alkanes) is 1. The van der Waals surface area contributed by atoms with Crippen molar-refractivity contribution in [2.75, 3.05) is 32.5 Å². The van der Waals surface area contributed by atoms with Gasteiger partial charge in [0.05, 0.1) is 5.56 Å². The Morgan fingerprint density at radius 3 is 2.39 bits per heavy atom. The summed E-state index contributed by atoms with van der Waals surface area (Å²) in [6.45, 7) is 2.06. The van der Waals surface area contributed by atoms with Gasteiger partial charge in [0, 0.05) is 39.9 Å². The van der Waals surface area contributed by atoms with Crippen molar-refractivity contribution in [3.63, 3.8) is 0 Å². The molecular weight excluding hydrogens is 367 g/mol. The zero-order chi connectivity index (χ0) is 20.4. The molecule has 0 saturated heterocycles. The zero-order valence-electron chi connectivity index (χ0n) is 16.1. The molecule has 8 heteroatoms. The molecule has 2 aromatic rings. The number of benzene rings is 1. The van der Waals surface area contributed by atoms with Crippen LogP contribution in [0.25, 0.3) is 0 Å². The van der Waals surface area contributed by atoms with Crippen molar-refractivity contribution in [2.24, 2.45) is 4.99 Å². The van der Waals surface area contributed by atoms with E-state index in [2.05, 4.69) is 20.6 Å². The predicted octanol–water partition coefficient (Wildman–Crippen LogP) is 4.00. The van der Waals surface area contributed by atoms with Gasteiger partial charge >= 0.3 is 6.18 Å². The number of anilines is 1. The fourth-order valence-electron chi connectivity index (χ4n) is 2.67. The highest BCUT2D eigenvalue weighted by atomic mass is 19.4. The molecule has 1 aromatic carbocycles. The van der Waals surface area contributed by atoms with Crippen molar-refractivity contribution in [3.05, 3.63) is 59.8 Å². The van der Waals surface area contributed by atoms with E-state index < -0.39 is 11.7 Å². The third-order valence-corrected chi connectivity index (χ3v) is 4.13. The Morgan fingerprint density at radius 2 is 1.79 bits per heavy atom. The number of aliphatic imine (C=N–C) groups is 1. The fourth-order valence-corrected chi connectivity index (χ4v) is 2.67. The van der Waals surface area contributed by atoms with Crippen LogP contribution in [0.4, 0.5) is 19.0 Å². The van der Waals surface area contributed by atoms with Gasteiger partial charge in [0.2, 0.25) is 0 Å². The molecule has 0 amide bonds. The number of aromatic nitrogens is 1. The minimum atomic E-state index is -4.31. The molecule has 0 aliphatic rings. The van der Waals surface area contributed by atoms with Crippen LogP contribution in [0.3, 0.4) is 0 Å². The zero-order valence-corrected chi connectivity index (χ0v) is 16.1. The second-order valence-electron chi connectivity index (χ2n) is 6.37. The van der Waals surface area contributed by atoms with E-state index in [1.807, 2.05) is 30.1 Å². The number of nitrogens with zero attached hydrogens (tertiary/aromatic N) is 3. The van der Waals surface area contributed by atoms with Crippen LogP contribution < -0.4 is 10.6 Å². The summed E-state index contributed by atoms with van der Waals surface area (Å²) in [5.41, 5.74) is 0.152. The van der Waals surface area contributed by atoms with E-state index in [9.17, 15) is 13.2 Å². The number of pyridine rings is 1. The summed E-state index contributed by atoms with van der Waals surface area (Å²) in [6, 6.07) is 10.9. The molecule has 1 aromatic heterocycles. The van der Waals surface area contributed by atoms with E-state index in [-0.39, 0.29) is 0 Å². The summed E-state index contributed by atoms with van der Waals surface area (Å²) in [4.78, 5) is 10.3. The molecule has 28 heavy (non-hydrogen) atoms. The molecule has 0 spiro atoms. The summed E-state index contributed by atoms with van der Waals surface area (Å²) in [6.07, 6.45) is -0.635. The molecular formula is C20H26F3N5. The van der Waals surface area contributed by atoms with Crippen LogP contribution in [-0.4, -0.2) is 43.0 Å². The van der Waals surface area contributed by atoms with Crippen LogP contribution in [0.2, 0.25) is 0 Å². The van der Waals surface area contributed by atoms with Gasteiger partial charge in [-0.15, -0.1) is 0 Å². The lowest BCUT2D eigenvalue weighted by atomic mass is 10.1. The van der Waals surface area contributed by atoms with Crippen LogP contribution in [0, 0.1) is 0 Å². The number of nitrogens with one attached hydrogen (secondary N) is 2. The second-order valence-corrected chi connectivity index (χ2v) is 6.37. The summed E-state index contributed by atoms with van der Waals surface area (Å²) < 4.78 is 37.9. The van der Waals surface area contributed by atoms with E-state index >= 15 is 0 Å². The van der Waals surface area contributed by atoms with Gasteiger partial charge in [0.15, 0.2) is 5.96 Å². The smallest absolute Gasteiger partial charge is 0.370 e. The third kappa shape index (κ3) is 7.09. The lowest BCUT2D eigenvalue weighted by molar-refractivity contribution is -0.137. The lowest BCUT2D eigenvalue weighted by Gasteiger charge is -2.22. The molecule has 0 fully saturated rings. The Hall–Kier alpha value is -2.77. The van der Waals surface area contributed by atoms with Gasteiger partial charge in [-0.3, -0.25) is 4.99 Å². The molecule has 0 aliphatic heterocycles. The van der Waals surface area contributed by atoms with Crippen molar-refractivity contribution in [3.8, 4) is 0 Å². The first kappa shape index (κ1) is 21.5. The normalized spacial score (nSPS) is 12.0. The quantitative estimate of drug-likeness (QED) is 0.404. The molecule has 0 bridgehead atoms. The van der Waals surface area contributed by atoms with Crippen LogP contribution in [-0.2, 0) is 12.7 Å². The maximum Gasteiger partial charge on any atom is 0.416 e. The highest BCUT2D eigenvalue weighted by Gasteiger charge is 2.29. The number of hydrogen-bond donors (Lipinski definition) is 2. The minimum Gasteiger partial charge on any atom is -0.370 e. The number of rotatable bonds is 8. The molecule has 0 unspecified atom stereocenters. The average molecular weight is 393 g/mol. The topological polar surface area (TPSA) is 52.6 Å². The number of hydrogen-bond acceptors (Lipinski definition) is 3. The molecule has 2 N–H and O–H groups in total. The first-order valence-electron chi connectivity index (χ1n) is 9.13. The monoisotopic (exact) mass is 393 g/mol. The Labute approximate surface area is 163 Å². The lowest BCUT2D eigenvalue weighted by Crippen LogP contribution is -2.39. The van der Waals surface area contributed by atoms with Crippen molar-refractivity contribution < 1.29 is 13.2 Å². The molecule has 0 aliphatic carbocycles. The first-order valence-corrected chi connectivity index (χ1v) is 9.13. The SMILES string of the molecule is CN=C(NCCCCNc1ccccn1)N(C)Cc1ccc(C(F)(F)F)cc1. The van der Waals surface area contributed by atoms with E-state index in [1.54, 1.807) is 13.2 Å². The Bertz CT molecular complexity index is 730. The van der Waals surface area contributed by atoms with Crippen molar-refractivity contribution in [1.29, 1.82) is 0 Å². The molecule has 0 saturated carbocycles. The molecule has 5 nitrogen and oxygen atoms in total. The van der Waals surface area contributed by atoms with Crippen molar-refractivity contribution in [2.45, 2.75) is 25.6 Å². The van der Waals surface area contributed by atoms with E-state index in [1.165, 1.54) is 12.1 Å². The molecule has 2 rings (SSSR count). The van der Waals surface area contributed by atoms with Crippen molar-refractivity contribution in [1.82, 2.24) is 15.2 Å². The summed E-state index contributed by atoms with van der Waals surface area (Å²) in [7, 11) is 3.55. The third-order valence-electron chi connectivity index (χ3n) is 4.13. The van der Waals surface area contributed by atoms with Gasteiger partial charge in [-0.1, -0.05) is 18.2 Å². The first-order chi connectivity index (χ1) is 13.4. The number of alkyl halides is 3. The van der Waals surface area contributed by atoms with Crippen molar-refractivity contribution >= 4 is 11.8 Å². The highest BCUT2D eigenvalue weighted by Crippen LogP contribution is 2.29. The van der Waals surface area contributed by atoms with Crippen LogP contribution in [0.5, 0.6) is 0 Å². The summed E-state index contributed by atoms with van der Waals surface area (Å²) in [5, 5.41) is 6.53. The van der Waals surface area contributed by atoms with Gasteiger partial charge in [-0.2, -0.15) is 13.2 Å². The van der Waals surface area contributed by atoms with Gasteiger partial charge in [0.25, 0.3) is 0 Å². The van der Waals surface area contributed by atoms with Crippen LogP contribution in [0.1, 0.15) is 24.0 Å². The largest absolute Gasteiger partial charge is 0.416 e. The maximum atomic E-state index is 12.6. The molecule has 0 radical (unpaired) electrons. The standard InChI is InChI=1S/C20H26F3N5/c1-24-19(27-14-6-5-13-26-18-7-3-4-12-25-18)28(2)15-16-8-10-17(11-9-16)20(21,22)23/h3-4,7-12H,5-6,13-15H2,1-2H3,(H,24,27)(H,25,26). The Balaban J connectivity index is 1.70. The number of guanidine groups is 1. The molecule has 152 valence electrons.